The lowest BCUT2D eigenvalue weighted by atomic mass is 10.2. The number of hydrogen-bond acceptors (Lipinski definition) is 5. The normalized spacial score (nSPS) is 11.1. The number of rotatable bonds is 9. The molecule has 0 unspecified atom stereocenters. The number of aromatic nitrogens is 4. The minimum atomic E-state index is 0.639. The van der Waals surface area contributed by atoms with Gasteiger partial charge >= 0.3 is 0 Å². The van der Waals surface area contributed by atoms with Crippen LogP contribution in [-0.2, 0) is 13.0 Å². The van der Waals surface area contributed by atoms with Crippen molar-refractivity contribution in [3.8, 4) is 10.7 Å². The summed E-state index contributed by atoms with van der Waals surface area (Å²) in [6, 6.07) is 0. The van der Waals surface area contributed by atoms with Gasteiger partial charge in [0.2, 0.25) is 0 Å². The van der Waals surface area contributed by atoms with E-state index in [2.05, 4.69) is 34.5 Å². The summed E-state index contributed by atoms with van der Waals surface area (Å²) in [5.74, 6) is 0.639. The first-order chi connectivity index (χ1) is 10.3. The molecule has 0 radical (unpaired) electrons. The quantitative estimate of drug-likeness (QED) is 0.713. The first-order valence-electron chi connectivity index (χ1n) is 7.90. The zero-order valence-corrected chi connectivity index (χ0v) is 13.8. The monoisotopic (exact) mass is 307 g/mol. The van der Waals surface area contributed by atoms with E-state index >= 15 is 0 Å². The summed E-state index contributed by atoms with van der Waals surface area (Å²) in [6.07, 6.45) is 8.18. The van der Waals surface area contributed by atoms with Crippen LogP contribution in [0.1, 0.15) is 58.1 Å². The highest BCUT2D eigenvalue weighted by Crippen LogP contribution is 2.27. The third-order valence-corrected chi connectivity index (χ3v) is 4.44. The molecule has 0 atom stereocenters. The van der Waals surface area contributed by atoms with Gasteiger partial charge in [0.15, 0.2) is 11.5 Å². The average molecular weight is 307 g/mol. The van der Waals surface area contributed by atoms with Crippen molar-refractivity contribution in [1.29, 1.82) is 0 Å². The number of hydrogen-bond donors (Lipinski definition) is 1. The van der Waals surface area contributed by atoms with E-state index in [0.717, 1.165) is 35.8 Å². The molecule has 0 aliphatic heterocycles. The molecule has 2 heterocycles. The van der Waals surface area contributed by atoms with Crippen molar-refractivity contribution in [1.82, 2.24) is 20.0 Å². The molecule has 0 amide bonds. The van der Waals surface area contributed by atoms with Crippen LogP contribution in [0.4, 0.5) is 5.82 Å². The summed E-state index contributed by atoms with van der Waals surface area (Å²) in [5.41, 5.74) is 8.03. The van der Waals surface area contributed by atoms with Gasteiger partial charge in [0.05, 0.1) is 5.69 Å². The number of anilines is 1. The van der Waals surface area contributed by atoms with Gasteiger partial charge in [-0.05, 0) is 19.3 Å². The molecule has 2 aromatic heterocycles. The minimum absolute atomic E-state index is 0.639. The van der Waals surface area contributed by atoms with Gasteiger partial charge in [-0.2, -0.15) is 0 Å². The van der Waals surface area contributed by atoms with Gasteiger partial charge in [-0.15, -0.1) is 16.4 Å². The fourth-order valence-corrected chi connectivity index (χ4v) is 3.08. The van der Waals surface area contributed by atoms with E-state index in [1.165, 1.54) is 32.1 Å². The Hall–Kier alpha value is -1.43. The Bertz CT molecular complexity index is 546. The van der Waals surface area contributed by atoms with Gasteiger partial charge in [-0.3, -0.25) is 0 Å². The maximum Gasteiger partial charge on any atom is 0.165 e. The zero-order valence-electron chi connectivity index (χ0n) is 13.0. The van der Waals surface area contributed by atoms with Crippen molar-refractivity contribution in [3.05, 3.63) is 11.1 Å². The van der Waals surface area contributed by atoms with Crippen LogP contribution >= 0.6 is 11.3 Å². The maximum absolute atomic E-state index is 6.15. The molecule has 116 valence electrons. The minimum Gasteiger partial charge on any atom is -0.382 e. The summed E-state index contributed by atoms with van der Waals surface area (Å²) in [7, 11) is 0. The third-order valence-electron chi connectivity index (χ3n) is 3.54. The first-order valence-corrected chi connectivity index (χ1v) is 8.78. The Balaban J connectivity index is 2.01. The van der Waals surface area contributed by atoms with Crippen LogP contribution in [0.15, 0.2) is 5.38 Å². The summed E-state index contributed by atoms with van der Waals surface area (Å²) in [6.45, 7) is 5.23. The molecule has 0 aliphatic carbocycles. The second kappa shape index (κ2) is 8.12. The lowest BCUT2D eigenvalue weighted by Gasteiger charge is -2.01. The van der Waals surface area contributed by atoms with Crippen molar-refractivity contribution in [2.75, 3.05) is 5.73 Å². The van der Waals surface area contributed by atoms with E-state index in [-0.39, 0.29) is 0 Å². The molecule has 0 aromatic carbocycles. The number of nitrogens with two attached hydrogens (primary N) is 1. The molecule has 0 fully saturated rings. The molecule has 5 nitrogen and oxygen atoms in total. The summed E-state index contributed by atoms with van der Waals surface area (Å²) in [4.78, 5) is 4.65. The second-order valence-corrected chi connectivity index (χ2v) is 6.21. The maximum atomic E-state index is 6.15. The Morgan fingerprint density at radius 1 is 1.14 bits per heavy atom. The van der Waals surface area contributed by atoms with Crippen molar-refractivity contribution < 1.29 is 0 Å². The molecule has 0 saturated carbocycles. The SMILES string of the molecule is CCCCCc1csc(-c2nnn(CCCCC)c2N)n1. The second-order valence-electron chi connectivity index (χ2n) is 5.35. The molecule has 2 aromatic rings. The first kappa shape index (κ1) is 15.9. The van der Waals surface area contributed by atoms with Crippen LogP contribution in [0.2, 0.25) is 0 Å². The van der Waals surface area contributed by atoms with E-state index in [0.29, 0.717) is 5.82 Å². The third kappa shape index (κ3) is 4.27. The predicted octanol–water partition coefficient (Wildman–Crippen LogP) is 3.91. The molecule has 2 rings (SSSR count). The van der Waals surface area contributed by atoms with Crippen molar-refractivity contribution >= 4 is 17.2 Å². The fourth-order valence-electron chi connectivity index (χ4n) is 2.24. The highest BCUT2D eigenvalue weighted by Gasteiger charge is 2.15. The van der Waals surface area contributed by atoms with Crippen LogP contribution in [0.25, 0.3) is 10.7 Å². The molecule has 0 saturated heterocycles. The highest BCUT2D eigenvalue weighted by atomic mass is 32.1. The van der Waals surface area contributed by atoms with E-state index in [4.69, 9.17) is 5.73 Å². The summed E-state index contributed by atoms with van der Waals surface area (Å²) >= 11 is 1.61. The lowest BCUT2D eigenvalue weighted by Crippen LogP contribution is -2.05. The van der Waals surface area contributed by atoms with E-state index in [9.17, 15) is 0 Å². The molecule has 2 N–H and O–H groups in total. The fraction of sp³-hybridized carbons (Fsp3) is 0.667. The molecular formula is C15H25N5S. The van der Waals surface area contributed by atoms with Crippen LogP contribution in [-0.4, -0.2) is 20.0 Å². The summed E-state index contributed by atoms with van der Waals surface area (Å²) in [5, 5.41) is 11.4. The smallest absolute Gasteiger partial charge is 0.165 e. The van der Waals surface area contributed by atoms with Crippen LogP contribution in [0.5, 0.6) is 0 Å². The molecule has 0 spiro atoms. The molecule has 0 aliphatic rings. The molecule has 6 heteroatoms. The van der Waals surface area contributed by atoms with Gasteiger partial charge < -0.3 is 5.73 Å². The summed E-state index contributed by atoms with van der Waals surface area (Å²) < 4.78 is 1.79. The topological polar surface area (TPSA) is 69.6 Å². The number of nitrogens with zero attached hydrogens (tertiary/aromatic N) is 4. The Kier molecular flexibility index (Phi) is 6.17. The number of aryl methyl sites for hydroxylation is 2. The molecule has 21 heavy (non-hydrogen) atoms. The van der Waals surface area contributed by atoms with Gasteiger partial charge in [0, 0.05) is 11.9 Å². The number of unbranched alkanes of at least 4 members (excludes halogenated alkanes) is 4. The van der Waals surface area contributed by atoms with Crippen molar-refractivity contribution in [3.63, 3.8) is 0 Å². The van der Waals surface area contributed by atoms with Crippen LogP contribution < -0.4 is 5.73 Å². The van der Waals surface area contributed by atoms with Gasteiger partial charge in [-0.1, -0.05) is 44.7 Å². The molecule has 0 bridgehead atoms. The standard InChI is InChI=1S/C15H25N5S/c1-3-5-7-9-12-11-21-15(17-12)13-14(16)20(19-18-13)10-8-6-4-2/h11H,3-10,16H2,1-2H3. The van der Waals surface area contributed by atoms with E-state index in [1.807, 2.05) is 0 Å². The van der Waals surface area contributed by atoms with Gasteiger partial charge in [-0.25, -0.2) is 9.67 Å². The van der Waals surface area contributed by atoms with E-state index in [1.54, 1.807) is 16.0 Å². The average Bonchev–Trinajstić information content (AvgIpc) is 3.07. The Morgan fingerprint density at radius 2 is 1.90 bits per heavy atom. The highest BCUT2D eigenvalue weighted by molar-refractivity contribution is 7.13. The van der Waals surface area contributed by atoms with Gasteiger partial charge in [0.25, 0.3) is 0 Å². The van der Waals surface area contributed by atoms with Crippen LogP contribution in [0.3, 0.4) is 0 Å². The van der Waals surface area contributed by atoms with E-state index < -0.39 is 0 Å². The van der Waals surface area contributed by atoms with Gasteiger partial charge in [0.1, 0.15) is 5.01 Å². The number of thiazole rings is 1. The van der Waals surface area contributed by atoms with Crippen molar-refractivity contribution in [2.24, 2.45) is 0 Å². The van der Waals surface area contributed by atoms with Crippen molar-refractivity contribution in [2.45, 2.75) is 65.3 Å². The van der Waals surface area contributed by atoms with Crippen LogP contribution in [0, 0.1) is 0 Å². The lowest BCUT2D eigenvalue weighted by molar-refractivity contribution is 0.543. The Morgan fingerprint density at radius 3 is 2.67 bits per heavy atom. The predicted molar refractivity (Wildman–Crippen MR) is 88.3 cm³/mol. The zero-order chi connectivity index (χ0) is 15.1. The Labute approximate surface area is 130 Å². The molecular weight excluding hydrogens is 282 g/mol. The largest absolute Gasteiger partial charge is 0.382 e. The number of nitrogen functional groups attached to an aromatic ring is 1.